The standard InChI is InChI=1S/C25H21FN4OS/c1-16(17-8-13-23-18(15-17)5-4-14-27-23)28-25(32)30-20-11-9-19(10-12-20)29-24(31)21-6-2-3-7-22(21)26/h2-16H,1H3,(H,29,31)(H2,28,30,32). The number of hydrogen-bond donors (Lipinski definition) is 3. The van der Waals surface area contributed by atoms with Gasteiger partial charge in [0.15, 0.2) is 5.11 Å². The molecule has 4 aromatic rings. The summed E-state index contributed by atoms with van der Waals surface area (Å²) in [7, 11) is 0. The van der Waals surface area contributed by atoms with Gasteiger partial charge in [-0.05, 0) is 79.3 Å². The van der Waals surface area contributed by atoms with Crippen molar-refractivity contribution >= 4 is 45.5 Å². The molecular weight excluding hydrogens is 423 g/mol. The number of anilines is 2. The third-order valence-corrected chi connectivity index (χ3v) is 5.21. The summed E-state index contributed by atoms with van der Waals surface area (Å²) < 4.78 is 13.8. The van der Waals surface area contributed by atoms with Crippen LogP contribution in [0.5, 0.6) is 0 Å². The molecule has 1 unspecified atom stereocenters. The lowest BCUT2D eigenvalue weighted by molar-refractivity contribution is 0.102. The van der Waals surface area contributed by atoms with E-state index in [0.29, 0.717) is 10.8 Å². The second kappa shape index (κ2) is 9.53. The summed E-state index contributed by atoms with van der Waals surface area (Å²) in [5, 5.41) is 10.6. The highest BCUT2D eigenvalue weighted by Gasteiger charge is 2.11. The molecule has 0 aliphatic rings. The monoisotopic (exact) mass is 444 g/mol. The molecule has 1 heterocycles. The lowest BCUT2D eigenvalue weighted by atomic mass is 10.1. The molecule has 0 radical (unpaired) electrons. The van der Waals surface area contributed by atoms with Crippen molar-refractivity contribution in [2.75, 3.05) is 10.6 Å². The number of hydrogen-bond acceptors (Lipinski definition) is 3. The van der Waals surface area contributed by atoms with Crippen molar-refractivity contribution in [1.82, 2.24) is 10.3 Å². The van der Waals surface area contributed by atoms with Crippen molar-refractivity contribution in [2.24, 2.45) is 0 Å². The summed E-state index contributed by atoms with van der Waals surface area (Å²) in [5.74, 6) is -1.06. The van der Waals surface area contributed by atoms with Crippen LogP contribution >= 0.6 is 12.2 Å². The molecule has 0 spiro atoms. The number of carbonyl (C=O) groups excluding carboxylic acids is 1. The molecule has 5 nitrogen and oxygen atoms in total. The largest absolute Gasteiger partial charge is 0.356 e. The highest BCUT2D eigenvalue weighted by Crippen LogP contribution is 2.20. The van der Waals surface area contributed by atoms with Crippen molar-refractivity contribution in [3.8, 4) is 0 Å². The Labute approximate surface area is 190 Å². The molecule has 0 saturated carbocycles. The molecule has 32 heavy (non-hydrogen) atoms. The van der Waals surface area contributed by atoms with Crippen LogP contribution in [0.2, 0.25) is 0 Å². The number of benzene rings is 3. The van der Waals surface area contributed by atoms with Gasteiger partial charge in [0.05, 0.1) is 17.1 Å². The average Bonchev–Trinajstić information content (AvgIpc) is 2.80. The van der Waals surface area contributed by atoms with Crippen LogP contribution in [-0.2, 0) is 0 Å². The summed E-state index contributed by atoms with van der Waals surface area (Å²) in [6.07, 6.45) is 1.78. The van der Waals surface area contributed by atoms with Crippen molar-refractivity contribution in [3.63, 3.8) is 0 Å². The molecule has 1 amide bonds. The van der Waals surface area contributed by atoms with Crippen molar-refractivity contribution < 1.29 is 9.18 Å². The minimum absolute atomic E-state index is 0.000985. The Balaban J connectivity index is 1.35. The molecule has 0 aliphatic heterocycles. The van der Waals surface area contributed by atoms with Gasteiger partial charge in [-0.25, -0.2) is 4.39 Å². The Hall–Kier alpha value is -3.84. The minimum atomic E-state index is -0.559. The predicted molar refractivity (Wildman–Crippen MR) is 130 cm³/mol. The van der Waals surface area contributed by atoms with Gasteiger partial charge >= 0.3 is 0 Å². The maximum absolute atomic E-state index is 13.8. The van der Waals surface area contributed by atoms with E-state index in [1.807, 2.05) is 31.2 Å². The van der Waals surface area contributed by atoms with Gasteiger partial charge in [0.25, 0.3) is 5.91 Å². The average molecular weight is 445 g/mol. The summed E-state index contributed by atoms with van der Waals surface area (Å²) in [5.41, 5.74) is 3.37. The first kappa shape index (κ1) is 21.4. The van der Waals surface area contributed by atoms with E-state index >= 15 is 0 Å². The first-order valence-electron chi connectivity index (χ1n) is 10.1. The Morgan fingerprint density at radius 2 is 1.66 bits per heavy atom. The van der Waals surface area contributed by atoms with Gasteiger partial charge in [-0.1, -0.05) is 24.3 Å². The number of carbonyl (C=O) groups is 1. The number of aromatic nitrogens is 1. The molecule has 7 heteroatoms. The van der Waals surface area contributed by atoms with E-state index in [2.05, 4.69) is 27.0 Å². The number of amides is 1. The van der Waals surface area contributed by atoms with E-state index in [1.54, 1.807) is 42.6 Å². The van der Waals surface area contributed by atoms with E-state index in [4.69, 9.17) is 12.2 Å². The zero-order valence-corrected chi connectivity index (χ0v) is 18.1. The fourth-order valence-electron chi connectivity index (χ4n) is 3.29. The third kappa shape index (κ3) is 5.07. The van der Waals surface area contributed by atoms with Crippen LogP contribution in [0.3, 0.4) is 0 Å². The Kier molecular flexibility index (Phi) is 6.37. The van der Waals surface area contributed by atoms with Gasteiger partial charge in [0.1, 0.15) is 5.82 Å². The lowest BCUT2D eigenvalue weighted by Crippen LogP contribution is -2.30. The van der Waals surface area contributed by atoms with Gasteiger partial charge < -0.3 is 16.0 Å². The molecule has 0 bridgehead atoms. The van der Waals surface area contributed by atoms with E-state index < -0.39 is 11.7 Å². The topological polar surface area (TPSA) is 66.0 Å². The maximum Gasteiger partial charge on any atom is 0.258 e. The zero-order chi connectivity index (χ0) is 22.5. The van der Waals surface area contributed by atoms with Crippen molar-refractivity contribution in [1.29, 1.82) is 0 Å². The number of pyridine rings is 1. The molecule has 1 aromatic heterocycles. The zero-order valence-electron chi connectivity index (χ0n) is 17.3. The molecular formula is C25H21FN4OS. The summed E-state index contributed by atoms with van der Waals surface area (Å²) in [6, 6.07) is 23.0. The number of fused-ring (bicyclic) bond motifs is 1. The van der Waals surface area contributed by atoms with Gasteiger partial charge in [0.2, 0.25) is 0 Å². The SMILES string of the molecule is CC(NC(=S)Nc1ccc(NC(=O)c2ccccc2F)cc1)c1ccc2ncccc2c1. The van der Waals surface area contributed by atoms with Crippen molar-refractivity contribution in [3.05, 3.63) is 102 Å². The van der Waals surface area contributed by atoms with Gasteiger partial charge in [-0.3, -0.25) is 9.78 Å². The first-order chi connectivity index (χ1) is 15.5. The fourth-order valence-corrected chi connectivity index (χ4v) is 3.59. The fraction of sp³-hybridized carbons (Fsp3) is 0.0800. The van der Waals surface area contributed by atoms with Crippen LogP contribution in [0, 0.1) is 5.82 Å². The first-order valence-corrected chi connectivity index (χ1v) is 10.5. The smallest absolute Gasteiger partial charge is 0.258 e. The quantitative estimate of drug-likeness (QED) is 0.346. The molecule has 3 aromatic carbocycles. The second-order valence-electron chi connectivity index (χ2n) is 7.29. The predicted octanol–water partition coefficient (Wildman–Crippen LogP) is 5.67. The number of nitrogens with one attached hydrogen (secondary N) is 3. The maximum atomic E-state index is 13.8. The van der Waals surface area contributed by atoms with Crippen LogP contribution in [0.1, 0.15) is 28.9 Å². The Bertz CT molecular complexity index is 1280. The van der Waals surface area contributed by atoms with E-state index in [9.17, 15) is 9.18 Å². The third-order valence-electron chi connectivity index (χ3n) is 4.99. The number of thiocarbonyl (C=S) groups is 1. The van der Waals surface area contributed by atoms with Crippen LogP contribution < -0.4 is 16.0 Å². The molecule has 4 rings (SSSR count). The minimum Gasteiger partial charge on any atom is -0.356 e. The molecule has 160 valence electrons. The molecule has 3 N–H and O–H groups in total. The van der Waals surface area contributed by atoms with E-state index in [1.165, 1.54) is 12.1 Å². The van der Waals surface area contributed by atoms with Gasteiger partial charge in [-0.2, -0.15) is 0 Å². The molecule has 0 aliphatic carbocycles. The number of halogens is 1. The number of nitrogens with zero attached hydrogens (tertiary/aromatic N) is 1. The highest BCUT2D eigenvalue weighted by atomic mass is 32.1. The summed E-state index contributed by atoms with van der Waals surface area (Å²) in [6.45, 7) is 2.03. The van der Waals surface area contributed by atoms with Crippen LogP contribution in [-0.4, -0.2) is 16.0 Å². The molecule has 0 saturated heterocycles. The summed E-state index contributed by atoms with van der Waals surface area (Å²) >= 11 is 5.44. The van der Waals surface area contributed by atoms with Crippen LogP contribution in [0.25, 0.3) is 10.9 Å². The van der Waals surface area contributed by atoms with Crippen LogP contribution in [0.4, 0.5) is 15.8 Å². The highest BCUT2D eigenvalue weighted by molar-refractivity contribution is 7.80. The second-order valence-corrected chi connectivity index (χ2v) is 7.70. The van der Waals surface area contributed by atoms with Gasteiger partial charge in [-0.15, -0.1) is 0 Å². The van der Waals surface area contributed by atoms with E-state index in [0.717, 1.165) is 22.2 Å². The van der Waals surface area contributed by atoms with E-state index in [-0.39, 0.29) is 11.6 Å². The lowest BCUT2D eigenvalue weighted by Gasteiger charge is -2.18. The van der Waals surface area contributed by atoms with Crippen molar-refractivity contribution in [2.45, 2.75) is 13.0 Å². The van der Waals surface area contributed by atoms with Crippen LogP contribution in [0.15, 0.2) is 85.1 Å². The Morgan fingerprint density at radius 3 is 2.41 bits per heavy atom. The summed E-state index contributed by atoms with van der Waals surface area (Å²) in [4.78, 5) is 16.6. The van der Waals surface area contributed by atoms with Gasteiger partial charge in [0, 0.05) is 23.0 Å². The number of rotatable bonds is 5. The normalized spacial score (nSPS) is 11.6. The Morgan fingerprint density at radius 1 is 0.938 bits per heavy atom. The molecule has 1 atom stereocenters. The molecule has 0 fully saturated rings.